The Morgan fingerprint density at radius 1 is 1.53 bits per heavy atom. The summed E-state index contributed by atoms with van der Waals surface area (Å²) in [5.74, 6) is -0.246. The van der Waals surface area contributed by atoms with Gasteiger partial charge >= 0.3 is 0 Å². The lowest BCUT2D eigenvalue weighted by molar-refractivity contribution is -0.0541. The molecule has 0 aromatic carbocycles. The van der Waals surface area contributed by atoms with E-state index in [1.807, 2.05) is 0 Å². The van der Waals surface area contributed by atoms with E-state index < -0.39 is 24.5 Å². The van der Waals surface area contributed by atoms with Crippen LogP contribution in [0.25, 0.3) is 0 Å². The highest BCUT2D eigenvalue weighted by Gasteiger charge is 2.45. The second kappa shape index (κ2) is 5.70. The van der Waals surface area contributed by atoms with Crippen molar-refractivity contribution >= 4 is 21.9 Å². The summed E-state index contributed by atoms with van der Waals surface area (Å²) in [6, 6.07) is 0. The topological polar surface area (TPSA) is 128 Å². The van der Waals surface area contributed by atoms with Crippen LogP contribution in [0.4, 0.5) is 0 Å². The smallest absolute Gasteiger partial charge is 0.283 e. The first-order valence-corrected chi connectivity index (χ1v) is 5.35. The standard InChI is InChI=1S/C8H11B2N5O4/c9-18-4-3(1-16)17-8(5(4)19-10)15-2-13-7(14-15)6(11)12/h2-5,8,16H,1H2,(H3,11,12). The van der Waals surface area contributed by atoms with Gasteiger partial charge in [-0.1, -0.05) is 0 Å². The van der Waals surface area contributed by atoms with Gasteiger partial charge < -0.3 is 24.9 Å². The van der Waals surface area contributed by atoms with Crippen LogP contribution in [0.2, 0.25) is 0 Å². The number of nitrogen functional groups attached to an aromatic ring is 1. The van der Waals surface area contributed by atoms with Crippen molar-refractivity contribution in [3.05, 3.63) is 12.2 Å². The summed E-state index contributed by atoms with van der Waals surface area (Å²) in [5, 5.41) is 20.4. The highest BCUT2D eigenvalue weighted by atomic mass is 16.6. The van der Waals surface area contributed by atoms with Gasteiger partial charge in [-0.15, -0.1) is 5.10 Å². The molecule has 1 aliphatic heterocycles. The van der Waals surface area contributed by atoms with E-state index >= 15 is 0 Å². The Labute approximate surface area is 111 Å². The van der Waals surface area contributed by atoms with Gasteiger partial charge in [-0.05, 0) is 0 Å². The van der Waals surface area contributed by atoms with Crippen molar-refractivity contribution in [2.24, 2.45) is 5.73 Å². The zero-order valence-electron chi connectivity index (χ0n) is 9.84. The predicted molar refractivity (Wildman–Crippen MR) is 63.3 cm³/mol. The number of ether oxygens (including phenoxy) is 1. The number of nitrogens with two attached hydrogens (primary N) is 1. The highest BCUT2D eigenvalue weighted by Crippen LogP contribution is 2.32. The second-order valence-corrected chi connectivity index (χ2v) is 3.91. The summed E-state index contributed by atoms with van der Waals surface area (Å²) in [4.78, 5) is 3.82. The summed E-state index contributed by atoms with van der Waals surface area (Å²) in [6.45, 7) is -0.327. The third-order valence-electron chi connectivity index (χ3n) is 2.79. The van der Waals surface area contributed by atoms with Gasteiger partial charge in [-0.3, -0.25) is 5.41 Å². The van der Waals surface area contributed by atoms with Gasteiger partial charge in [0.1, 0.15) is 18.5 Å². The molecule has 4 atom stereocenters. The van der Waals surface area contributed by atoms with E-state index in [1.165, 1.54) is 11.0 Å². The van der Waals surface area contributed by atoms with Crippen LogP contribution in [0.1, 0.15) is 12.1 Å². The number of aromatic nitrogens is 3. The fourth-order valence-electron chi connectivity index (χ4n) is 1.90. The van der Waals surface area contributed by atoms with E-state index in [4.69, 9.17) is 41.3 Å². The lowest BCUT2D eigenvalue weighted by Gasteiger charge is -2.22. The Morgan fingerprint density at radius 3 is 2.68 bits per heavy atom. The molecule has 1 saturated heterocycles. The molecule has 1 aromatic heterocycles. The average molecular weight is 263 g/mol. The van der Waals surface area contributed by atoms with E-state index in [9.17, 15) is 5.11 Å². The number of aliphatic hydroxyl groups excluding tert-OH is 1. The summed E-state index contributed by atoms with van der Waals surface area (Å²) < 4.78 is 16.2. The minimum absolute atomic E-state index is 0.0389. The Bertz CT molecular complexity index is 458. The van der Waals surface area contributed by atoms with Crippen LogP contribution in [0.5, 0.6) is 0 Å². The van der Waals surface area contributed by atoms with Gasteiger partial charge in [0.2, 0.25) is 5.82 Å². The molecule has 2 heterocycles. The molecule has 4 radical (unpaired) electrons. The van der Waals surface area contributed by atoms with Gasteiger partial charge in [-0.2, -0.15) is 0 Å². The van der Waals surface area contributed by atoms with Crippen molar-refractivity contribution in [2.75, 3.05) is 6.61 Å². The third kappa shape index (κ3) is 2.50. The molecule has 0 spiro atoms. The molecule has 4 N–H and O–H groups in total. The molecule has 98 valence electrons. The number of hydrogen-bond acceptors (Lipinski definition) is 7. The molecule has 9 nitrogen and oxygen atoms in total. The summed E-state index contributed by atoms with van der Waals surface area (Å²) in [5.41, 5.74) is 5.26. The minimum atomic E-state index is -0.795. The molecule has 2 rings (SSSR count). The summed E-state index contributed by atoms with van der Waals surface area (Å²) in [7, 11) is 10.3. The molecule has 0 bridgehead atoms. The molecule has 1 fully saturated rings. The van der Waals surface area contributed by atoms with Crippen LogP contribution < -0.4 is 5.73 Å². The molecule has 4 unspecified atom stereocenters. The van der Waals surface area contributed by atoms with Crippen LogP contribution in [0, 0.1) is 5.41 Å². The lowest BCUT2D eigenvalue weighted by atomic mass is 10.1. The van der Waals surface area contributed by atoms with Gasteiger partial charge in [0.25, 0.3) is 16.1 Å². The van der Waals surface area contributed by atoms with Crippen LogP contribution in [0.15, 0.2) is 6.33 Å². The number of hydrogen-bond donors (Lipinski definition) is 3. The van der Waals surface area contributed by atoms with Crippen LogP contribution >= 0.6 is 0 Å². The van der Waals surface area contributed by atoms with Crippen LogP contribution in [-0.4, -0.2) is 66.7 Å². The lowest BCUT2D eigenvalue weighted by Crippen LogP contribution is -2.37. The maximum Gasteiger partial charge on any atom is 0.283 e. The van der Waals surface area contributed by atoms with Gasteiger partial charge in [0.05, 0.1) is 12.7 Å². The second-order valence-electron chi connectivity index (χ2n) is 3.91. The molecule has 0 saturated carbocycles. The fraction of sp³-hybridized carbons (Fsp3) is 0.625. The number of nitrogens with one attached hydrogen (secondary N) is 1. The van der Waals surface area contributed by atoms with Crippen molar-refractivity contribution in [1.29, 1.82) is 5.41 Å². The molecule has 1 aromatic rings. The van der Waals surface area contributed by atoms with Crippen LogP contribution in [-0.2, 0) is 14.0 Å². The SMILES string of the molecule is [B]OC1C(CO)OC(n2cnc(C(=N)N)n2)C1O[B]. The van der Waals surface area contributed by atoms with Gasteiger partial charge in [0.15, 0.2) is 12.1 Å². The van der Waals surface area contributed by atoms with Crippen LogP contribution in [0.3, 0.4) is 0 Å². The first-order chi connectivity index (χ1) is 9.12. The molecular weight excluding hydrogens is 252 g/mol. The number of nitrogens with zero attached hydrogens (tertiary/aromatic N) is 3. The largest absolute Gasteiger partial charge is 0.440 e. The number of aliphatic hydroxyl groups is 1. The molecule has 0 aliphatic carbocycles. The van der Waals surface area contributed by atoms with E-state index in [-0.39, 0.29) is 18.3 Å². The molecule has 19 heavy (non-hydrogen) atoms. The van der Waals surface area contributed by atoms with Crippen molar-refractivity contribution in [1.82, 2.24) is 14.8 Å². The predicted octanol–water partition coefficient (Wildman–Crippen LogP) is -2.61. The minimum Gasteiger partial charge on any atom is -0.440 e. The van der Waals surface area contributed by atoms with Gasteiger partial charge in [-0.25, -0.2) is 9.67 Å². The van der Waals surface area contributed by atoms with Crippen molar-refractivity contribution < 1.29 is 19.2 Å². The van der Waals surface area contributed by atoms with E-state index in [1.54, 1.807) is 0 Å². The Kier molecular flexibility index (Phi) is 4.20. The third-order valence-corrected chi connectivity index (χ3v) is 2.79. The zero-order valence-corrected chi connectivity index (χ0v) is 9.84. The van der Waals surface area contributed by atoms with Crippen molar-refractivity contribution in [2.45, 2.75) is 24.5 Å². The van der Waals surface area contributed by atoms with E-state index in [2.05, 4.69) is 10.1 Å². The van der Waals surface area contributed by atoms with Crippen molar-refractivity contribution in [3.8, 4) is 0 Å². The quantitative estimate of drug-likeness (QED) is 0.301. The van der Waals surface area contributed by atoms with E-state index in [0.29, 0.717) is 0 Å². The summed E-state index contributed by atoms with van der Waals surface area (Å²) in [6.07, 6.45) is -1.75. The van der Waals surface area contributed by atoms with E-state index in [0.717, 1.165) is 0 Å². The molecule has 1 aliphatic rings. The Balaban J connectivity index is 2.24. The monoisotopic (exact) mass is 263 g/mol. The molecular formula is C8H11B2N5O4. The maximum atomic E-state index is 9.18. The maximum absolute atomic E-state index is 9.18. The molecule has 0 amide bonds. The first-order valence-electron chi connectivity index (χ1n) is 5.35. The number of amidine groups is 1. The normalized spacial score (nSPS) is 30.6. The number of rotatable bonds is 5. The highest BCUT2D eigenvalue weighted by molar-refractivity contribution is 5.99. The Morgan fingerprint density at radius 2 is 2.21 bits per heavy atom. The first kappa shape index (κ1) is 14.0. The fourth-order valence-corrected chi connectivity index (χ4v) is 1.90. The summed E-state index contributed by atoms with van der Waals surface area (Å²) >= 11 is 0. The Hall–Kier alpha value is -1.42. The molecule has 11 heteroatoms. The average Bonchev–Trinajstić information content (AvgIpc) is 3.01. The van der Waals surface area contributed by atoms with Crippen molar-refractivity contribution in [3.63, 3.8) is 0 Å². The van der Waals surface area contributed by atoms with Gasteiger partial charge in [0, 0.05) is 0 Å². The zero-order chi connectivity index (χ0) is 14.0.